The van der Waals surface area contributed by atoms with Crippen LogP contribution in [0.15, 0.2) is 48.5 Å². The number of para-hydroxylation sites is 1. The van der Waals surface area contributed by atoms with E-state index < -0.39 is 5.97 Å². The third-order valence-corrected chi connectivity index (χ3v) is 3.72. The molecule has 0 unspecified atom stereocenters. The molecular formula is C16H13ClN2O2. The lowest BCUT2D eigenvalue weighted by molar-refractivity contribution is 0.0697. The molecule has 0 aliphatic carbocycles. The van der Waals surface area contributed by atoms with Crippen molar-refractivity contribution in [3.8, 4) is 0 Å². The number of H-pyrrole nitrogens is 1. The predicted molar refractivity (Wildman–Crippen MR) is 84.0 cm³/mol. The summed E-state index contributed by atoms with van der Waals surface area (Å²) in [5.41, 5.74) is 2.85. The summed E-state index contributed by atoms with van der Waals surface area (Å²) in [4.78, 5) is 14.2. The van der Waals surface area contributed by atoms with Crippen LogP contribution in [0.2, 0.25) is 5.02 Å². The molecule has 3 aromatic rings. The molecule has 21 heavy (non-hydrogen) atoms. The predicted octanol–water partition coefficient (Wildman–Crippen LogP) is 4.13. The Morgan fingerprint density at radius 2 is 2.00 bits per heavy atom. The van der Waals surface area contributed by atoms with Gasteiger partial charge in [0.1, 0.15) is 0 Å². The number of fused-ring (bicyclic) bond motifs is 1. The average Bonchev–Trinajstić information content (AvgIpc) is 2.82. The van der Waals surface area contributed by atoms with E-state index in [0.717, 1.165) is 22.3 Å². The first-order chi connectivity index (χ1) is 10.1. The zero-order valence-electron chi connectivity index (χ0n) is 11.1. The molecule has 0 fully saturated rings. The Balaban J connectivity index is 1.82. The topological polar surface area (TPSA) is 65.1 Å². The van der Waals surface area contributed by atoms with E-state index in [1.54, 1.807) is 18.2 Å². The smallest absolute Gasteiger partial charge is 0.335 e. The molecule has 1 heterocycles. The minimum Gasteiger partial charge on any atom is -0.478 e. The minimum atomic E-state index is -0.942. The highest BCUT2D eigenvalue weighted by molar-refractivity contribution is 6.36. The van der Waals surface area contributed by atoms with E-state index in [0.29, 0.717) is 11.6 Å². The molecule has 3 N–H and O–H groups in total. The van der Waals surface area contributed by atoms with E-state index in [-0.39, 0.29) is 5.56 Å². The fourth-order valence-electron chi connectivity index (χ4n) is 2.24. The van der Waals surface area contributed by atoms with Crippen molar-refractivity contribution in [2.45, 2.75) is 6.54 Å². The molecule has 0 spiro atoms. The van der Waals surface area contributed by atoms with Gasteiger partial charge in [0.2, 0.25) is 0 Å². The molecule has 106 valence electrons. The number of aromatic carboxylic acids is 1. The molecule has 0 amide bonds. The quantitative estimate of drug-likeness (QED) is 0.678. The van der Waals surface area contributed by atoms with E-state index in [1.807, 2.05) is 30.3 Å². The summed E-state index contributed by atoms with van der Waals surface area (Å²) < 4.78 is 0. The van der Waals surface area contributed by atoms with E-state index in [4.69, 9.17) is 16.7 Å². The number of carboxylic acids is 1. The van der Waals surface area contributed by atoms with Gasteiger partial charge in [-0.25, -0.2) is 4.79 Å². The maximum atomic E-state index is 10.9. The van der Waals surface area contributed by atoms with Gasteiger partial charge in [0.25, 0.3) is 0 Å². The number of hydrogen-bond donors (Lipinski definition) is 3. The Kier molecular flexibility index (Phi) is 3.54. The second-order valence-electron chi connectivity index (χ2n) is 4.70. The maximum Gasteiger partial charge on any atom is 0.335 e. The van der Waals surface area contributed by atoms with E-state index in [2.05, 4.69) is 10.3 Å². The van der Waals surface area contributed by atoms with Gasteiger partial charge in [-0.05, 0) is 24.3 Å². The largest absolute Gasteiger partial charge is 0.478 e. The summed E-state index contributed by atoms with van der Waals surface area (Å²) in [5, 5.41) is 13.8. The lowest BCUT2D eigenvalue weighted by Gasteiger charge is -2.06. The molecule has 0 aliphatic rings. The second-order valence-corrected chi connectivity index (χ2v) is 5.08. The number of benzene rings is 2. The van der Waals surface area contributed by atoms with Gasteiger partial charge in [0, 0.05) is 16.6 Å². The van der Waals surface area contributed by atoms with Gasteiger partial charge in [-0.15, -0.1) is 0 Å². The highest BCUT2D eigenvalue weighted by atomic mass is 35.5. The van der Waals surface area contributed by atoms with Gasteiger partial charge >= 0.3 is 5.97 Å². The van der Waals surface area contributed by atoms with E-state index >= 15 is 0 Å². The Hall–Kier alpha value is -2.46. The van der Waals surface area contributed by atoms with Crippen LogP contribution in [0.25, 0.3) is 10.9 Å². The van der Waals surface area contributed by atoms with Crippen LogP contribution in [0.4, 0.5) is 5.69 Å². The van der Waals surface area contributed by atoms with Crippen molar-refractivity contribution in [3.05, 3.63) is 64.8 Å². The van der Waals surface area contributed by atoms with Crippen molar-refractivity contribution in [2.24, 2.45) is 0 Å². The van der Waals surface area contributed by atoms with Crippen molar-refractivity contribution in [3.63, 3.8) is 0 Å². The molecule has 0 radical (unpaired) electrons. The first-order valence-corrected chi connectivity index (χ1v) is 6.85. The van der Waals surface area contributed by atoms with Gasteiger partial charge in [0.05, 0.1) is 22.8 Å². The molecule has 4 nitrogen and oxygen atoms in total. The highest BCUT2D eigenvalue weighted by Gasteiger charge is 2.09. The fraction of sp³-hybridized carbons (Fsp3) is 0.0625. The Bertz CT molecular complexity index is 811. The van der Waals surface area contributed by atoms with Crippen LogP contribution < -0.4 is 5.32 Å². The van der Waals surface area contributed by atoms with Crippen LogP contribution in [-0.2, 0) is 6.54 Å². The molecule has 0 atom stereocenters. The monoisotopic (exact) mass is 300 g/mol. The lowest BCUT2D eigenvalue weighted by atomic mass is 10.2. The molecule has 2 aromatic carbocycles. The number of carbonyl (C=O) groups is 1. The van der Waals surface area contributed by atoms with E-state index in [1.165, 1.54) is 0 Å². The summed E-state index contributed by atoms with van der Waals surface area (Å²) in [5.74, 6) is -0.942. The lowest BCUT2D eigenvalue weighted by Crippen LogP contribution is -2.02. The van der Waals surface area contributed by atoms with Crippen molar-refractivity contribution in [1.29, 1.82) is 0 Å². The molecular weight excluding hydrogens is 288 g/mol. The van der Waals surface area contributed by atoms with Crippen LogP contribution in [0.5, 0.6) is 0 Å². The molecule has 0 saturated carbocycles. The number of halogens is 1. The summed E-state index contributed by atoms with van der Waals surface area (Å²) in [6.45, 7) is 0.497. The Morgan fingerprint density at radius 3 is 2.76 bits per heavy atom. The normalized spacial score (nSPS) is 10.7. The van der Waals surface area contributed by atoms with Gasteiger partial charge in [0.15, 0.2) is 0 Å². The zero-order chi connectivity index (χ0) is 14.8. The van der Waals surface area contributed by atoms with Crippen molar-refractivity contribution < 1.29 is 9.90 Å². The molecule has 0 aliphatic heterocycles. The molecule has 5 heteroatoms. The highest BCUT2D eigenvalue weighted by Crippen LogP contribution is 2.27. The number of anilines is 1. The van der Waals surface area contributed by atoms with E-state index in [9.17, 15) is 4.79 Å². The number of rotatable bonds is 4. The number of nitrogens with one attached hydrogen (secondary N) is 2. The maximum absolute atomic E-state index is 10.9. The van der Waals surface area contributed by atoms with Crippen LogP contribution >= 0.6 is 11.6 Å². The molecule has 3 rings (SSSR count). The minimum absolute atomic E-state index is 0.253. The van der Waals surface area contributed by atoms with Crippen molar-refractivity contribution >= 4 is 34.2 Å². The Morgan fingerprint density at radius 1 is 1.19 bits per heavy atom. The summed E-state index contributed by atoms with van der Waals surface area (Å²) in [7, 11) is 0. The van der Waals surface area contributed by atoms with Crippen LogP contribution in [0, 0.1) is 0 Å². The second kappa shape index (κ2) is 5.50. The number of aromatic amines is 1. The Labute approximate surface area is 126 Å². The number of carboxylic acid groups (broad SMARTS) is 1. The van der Waals surface area contributed by atoms with Crippen molar-refractivity contribution in [2.75, 3.05) is 5.32 Å². The van der Waals surface area contributed by atoms with Crippen LogP contribution in [0.3, 0.4) is 0 Å². The van der Waals surface area contributed by atoms with Crippen molar-refractivity contribution in [1.82, 2.24) is 4.98 Å². The number of hydrogen-bond acceptors (Lipinski definition) is 2. The molecule has 0 bridgehead atoms. The first-order valence-electron chi connectivity index (χ1n) is 6.47. The zero-order valence-corrected chi connectivity index (χ0v) is 11.8. The van der Waals surface area contributed by atoms with Crippen LogP contribution in [-0.4, -0.2) is 16.1 Å². The molecule has 1 aromatic heterocycles. The average molecular weight is 301 g/mol. The van der Waals surface area contributed by atoms with Gasteiger partial charge < -0.3 is 15.4 Å². The van der Waals surface area contributed by atoms with Gasteiger partial charge in [-0.1, -0.05) is 35.9 Å². The number of aromatic nitrogens is 1. The first kappa shape index (κ1) is 13.5. The SMILES string of the molecule is O=C(O)c1cccc(NCc2[nH]c3ccccc3c2Cl)c1. The van der Waals surface area contributed by atoms with Gasteiger partial charge in [-0.2, -0.15) is 0 Å². The fourth-order valence-corrected chi connectivity index (χ4v) is 2.52. The summed E-state index contributed by atoms with van der Waals surface area (Å²) in [6, 6.07) is 14.5. The standard InChI is InChI=1S/C16H13ClN2O2/c17-15-12-6-1-2-7-13(12)19-14(15)9-18-11-5-3-4-10(8-11)16(20)21/h1-8,18-19H,9H2,(H,20,21). The summed E-state index contributed by atoms with van der Waals surface area (Å²) >= 11 is 6.34. The summed E-state index contributed by atoms with van der Waals surface area (Å²) in [6.07, 6.45) is 0. The van der Waals surface area contributed by atoms with Gasteiger partial charge in [-0.3, -0.25) is 0 Å². The third kappa shape index (κ3) is 2.71. The molecule has 0 saturated heterocycles. The third-order valence-electron chi connectivity index (χ3n) is 3.29. The van der Waals surface area contributed by atoms with Crippen LogP contribution in [0.1, 0.15) is 16.1 Å².